The molecule has 0 aliphatic heterocycles. The van der Waals surface area contributed by atoms with Gasteiger partial charge in [-0.05, 0) is 18.2 Å². The number of carbonyl (C=O) groups excluding carboxylic acids is 1. The second kappa shape index (κ2) is 8.27. The molecule has 1 amide bonds. The summed E-state index contributed by atoms with van der Waals surface area (Å²) < 4.78 is 0. The highest BCUT2D eigenvalue weighted by molar-refractivity contribution is 5.94. The van der Waals surface area contributed by atoms with Crippen molar-refractivity contribution in [1.82, 2.24) is 4.90 Å². The molecular weight excluding hydrogens is 244 g/mol. The number of carbonyl (C=O) groups is 1. The molecule has 0 aliphatic carbocycles. The van der Waals surface area contributed by atoms with E-state index in [1.807, 2.05) is 0 Å². The molecule has 0 fully saturated rings. The maximum atomic E-state index is 12.2. The molecule has 0 aromatic heterocycles. The lowest BCUT2D eigenvalue weighted by Crippen LogP contribution is -2.35. The summed E-state index contributed by atoms with van der Waals surface area (Å²) in [6.45, 7) is 0.367. The summed E-state index contributed by atoms with van der Waals surface area (Å²) in [5, 5.41) is 17.8. The van der Waals surface area contributed by atoms with Crippen molar-refractivity contribution in [1.29, 1.82) is 0 Å². The van der Waals surface area contributed by atoms with Gasteiger partial charge in [0.25, 0.3) is 5.91 Å². The summed E-state index contributed by atoms with van der Waals surface area (Å²) in [7, 11) is 0. The number of hydrogen-bond donors (Lipinski definition) is 3. The average molecular weight is 262 g/mol. The van der Waals surface area contributed by atoms with Crippen LogP contribution < -0.4 is 5.73 Å². The van der Waals surface area contributed by atoms with Crippen LogP contribution in [0.5, 0.6) is 0 Å². The van der Waals surface area contributed by atoms with E-state index < -0.39 is 0 Å². The summed E-state index contributed by atoms with van der Waals surface area (Å²) in [6.07, 6.45) is 0. The molecule has 19 heavy (non-hydrogen) atoms. The number of rotatable bonds is 5. The average Bonchev–Trinajstić information content (AvgIpc) is 2.44. The van der Waals surface area contributed by atoms with E-state index in [1.54, 1.807) is 24.3 Å². The zero-order valence-electron chi connectivity index (χ0n) is 10.7. The molecule has 1 aromatic carbocycles. The van der Waals surface area contributed by atoms with Gasteiger partial charge in [0.05, 0.1) is 19.8 Å². The van der Waals surface area contributed by atoms with Crippen LogP contribution >= 0.6 is 0 Å². The Morgan fingerprint density at radius 3 is 2.53 bits per heavy atom. The van der Waals surface area contributed by atoms with Crippen molar-refractivity contribution in [2.24, 2.45) is 5.73 Å². The molecule has 1 aromatic rings. The maximum absolute atomic E-state index is 12.2. The first-order valence-corrected chi connectivity index (χ1v) is 6.03. The van der Waals surface area contributed by atoms with E-state index in [2.05, 4.69) is 11.8 Å². The summed E-state index contributed by atoms with van der Waals surface area (Å²) >= 11 is 0. The molecule has 0 heterocycles. The predicted octanol–water partition coefficient (Wildman–Crippen LogP) is -0.576. The summed E-state index contributed by atoms with van der Waals surface area (Å²) in [4.78, 5) is 13.6. The van der Waals surface area contributed by atoms with Gasteiger partial charge < -0.3 is 20.8 Å². The first kappa shape index (κ1) is 15.2. The van der Waals surface area contributed by atoms with Gasteiger partial charge in [-0.15, -0.1) is 0 Å². The normalized spacial score (nSPS) is 9.63. The second-order valence-electron chi connectivity index (χ2n) is 3.83. The Labute approximate surface area is 112 Å². The van der Waals surface area contributed by atoms with Gasteiger partial charge in [0, 0.05) is 24.2 Å². The van der Waals surface area contributed by atoms with Gasteiger partial charge in [-0.1, -0.05) is 17.9 Å². The number of aliphatic hydroxyl groups is 2. The Morgan fingerprint density at radius 1 is 1.26 bits per heavy atom. The molecular formula is C14H18N2O3. The third-order valence-electron chi connectivity index (χ3n) is 2.47. The van der Waals surface area contributed by atoms with E-state index in [0.29, 0.717) is 11.1 Å². The number of nitrogens with zero attached hydrogens (tertiary/aromatic N) is 1. The van der Waals surface area contributed by atoms with Crippen molar-refractivity contribution in [2.45, 2.75) is 0 Å². The third-order valence-corrected chi connectivity index (χ3v) is 2.47. The van der Waals surface area contributed by atoms with E-state index in [9.17, 15) is 4.79 Å². The molecule has 102 valence electrons. The topological polar surface area (TPSA) is 86.8 Å². The van der Waals surface area contributed by atoms with Crippen LogP contribution in [-0.4, -0.2) is 53.9 Å². The Morgan fingerprint density at radius 2 is 1.95 bits per heavy atom. The number of benzene rings is 1. The quantitative estimate of drug-likeness (QED) is 0.620. The van der Waals surface area contributed by atoms with Crippen molar-refractivity contribution in [3.05, 3.63) is 35.4 Å². The van der Waals surface area contributed by atoms with Gasteiger partial charge in [-0.2, -0.15) is 0 Å². The molecule has 0 radical (unpaired) electrons. The van der Waals surface area contributed by atoms with Crippen molar-refractivity contribution in [2.75, 3.05) is 32.8 Å². The number of nitrogens with two attached hydrogens (primary N) is 1. The van der Waals surface area contributed by atoms with Crippen molar-refractivity contribution in [3.63, 3.8) is 0 Å². The molecule has 0 aliphatic rings. The molecule has 5 nitrogen and oxygen atoms in total. The second-order valence-corrected chi connectivity index (χ2v) is 3.83. The fourth-order valence-corrected chi connectivity index (χ4v) is 1.62. The minimum atomic E-state index is -0.237. The van der Waals surface area contributed by atoms with Gasteiger partial charge in [0.15, 0.2) is 0 Å². The molecule has 0 saturated carbocycles. The number of amides is 1. The van der Waals surface area contributed by atoms with Crippen molar-refractivity contribution < 1.29 is 15.0 Å². The first-order chi connectivity index (χ1) is 9.22. The molecule has 5 heteroatoms. The largest absolute Gasteiger partial charge is 0.395 e. The Hall–Kier alpha value is -1.87. The van der Waals surface area contributed by atoms with E-state index in [4.69, 9.17) is 15.9 Å². The highest BCUT2D eigenvalue weighted by atomic mass is 16.3. The highest BCUT2D eigenvalue weighted by Gasteiger charge is 2.14. The van der Waals surface area contributed by atoms with Crippen LogP contribution in [0.1, 0.15) is 15.9 Å². The SMILES string of the molecule is NCC#Cc1cccc(C(=O)N(CCO)CCO)c1. The first-order valence-electron chi connectivity index (χ1n) is 6.03. The fourth-order valence-electron chi connectivity index (χ4n) is 1.62. The van der Waals surface area contributed by atoms with Gasteiger partial charge in [-0.3, -0.25) is 4.79 Å². The monoisotopic (exact) mass is 262 g/mol. The van der Waals surface area contributed by atoms with Crippen LogP contribution in [0.15, 0.2) is 24.3 Å². The zero-order valence-corrected chi connectivity index (χ0v) is 10.7. The standard InChI is InChI=1S/C14H18N2O3/c15-6-2-4-12-3-1-5-13(11-12)14(19)16(7-9-17)8-10-18/h1,3,5,11,17-18H,6-10,15H2. The van der Waals surface area contributed by atoms with Crippen LogP contribution in [-0.2, 0) is 0 Å². The van der Waals surface area contributed by atoms with Gasteiger partial charge in [0.1, 0.15) is 0 Å². The highest BCUT2D eigenvalue weighted by Crippen LogP contribution is 2.08. The maximum Gasteiger partial charge on any atom is 0.254 e. The van der Waals surface area contributed by atoms with Crippen LogP contribution in [0.2, 0.25) is 0 Å². The van der Waals surface area contributed by atoms with E-state index in [1.165, 1.54) is 4.90 Å². The molecule has 0 spiro atoms. The fraction of sp³-hybridized carbons (Fsp3) is 0.357. The van der Waals surface area contributed by atoms with Crippen LogP contribution in [0.4, 0.5) is 0 Å². The van der Waals surface area contributed by atoms with Crippen LogP contribution in [0.3, 0.4) is 0 Å². The molecule has 1 rings (SSSR count). The summed E-state index contributed by atoms with van der Waals surface area (Å²) in [5.41, 5.74) is 6.49. The number of hydrogen-bond acceptors (Lipinski definition) is 4. The Bertz CT molecular complexity index is 471. The van der Waals surface area contributed by atoms with E-state index in [0.717, 1.165) is 0 Å². The lowest BCUT2D eigenvalue weighted by molar-refractivity contribution is 0.0685. The molecule has 0 bridgehead atoms. The Kier molecular flexibility index (Phi) is 6.61. The summed E-state index contributed by atoms with van der Waals surface area (Å²) in [6, 6.07) is 6.89. The molecule has 0 unspecified atom stereocenters. The molecule has 0 saturated heterocycles. The van der Waals surface area contributed by atoms with Gasteiger partial charge in [0.2, 0.25) is 0 Å². The molecule has 0 atom stereocenters. The van der Waals surface area contributed by atoms with Crippen molar-refractivity contribution >= 4 is 5.91 Å². The van der Waals surface area contributed by atoms with Crippen molar-refractivity contribution in [3.8, 4) is 11.8 Å². The lowest BCUT2D eigenvalue weighted by Gasteiger charge is -2.20. The lowest BCUT2D eigenvalue weighted by atomic mass is 10.1. The van der Waals surface area contributed by atoms with Gasteiger partial charge in [-0.25, -0.2) is 0 Å². The summed E-state index contributed by atoms with van der Waals surface area (Å²) in [5.74, 6) is 5.34. The minimum absolute atomic E-state index is 0.140. The van der Waals surface area contributed by atoms with E-state index >= 15 is 0 Å². The Balaban J connectivity index is 2.91. The predicted molar refractivity (Wildman–Crippen MR) is 72.4 cm³/mol. The van der Waals surface area contributed by atoms with Gasteiger partial charge >= 0.3 is 0 Å². The van der Waals surface area contributed by atoms with Crippen LogP contribution in [0.25, 0.3) is 0 Å². The third kappa shape index (κ3) is 4.72. The molecule has 4 N–H and O–H groups in total. The smallest absolute Gasteiger partial charge is 0.254 e. The van der Waals surface area contributed by atoms with Crippen LogP contribution in [0, 0.1) is 11.8 Å². The number of aliphatic hydroxyl groups excluding tert-OH is 2. The minimum Gasteiger partial charge on any atom is -0.395 e. The zero-order chi connectivity index (χ0) is 14.1. The van der Waals surface area contributed by atoms with E-state index in [-0.39, 0.29) is 38.8 Å².